The van der Waals surface area contributed by atoms with Gasteiger partial charge in [0.1, 0.15) is 36.4 Å². The van der Waals surface area contributed by atoms with E-state index in [0.717, 1.165) is 0 Å². The summed E-state index contributed by atoms with van der Waals surface area (Å²) in [6.45, 7) is 7.67. The number of nitrogens with one attached hydrogen (secondary N) is 4. The molecule has 3 rings (SSSR count). The first kappa shape index (κ1) is 27.3. The monoisotopic (exact) mass is 500 g/mol. The first-order chi connectivity index (χ1) is 16.4. The number of hydrogen-bond acceptors (Lipinski definition) is 9. The lowest BCUT2D eigenvalue weighted by atomic mass is 9.97. The summed E-state index contributed by atoms with van der Waals surface area (Å²) in [4.78, 5) is 51.4. The molecule has 0 saturated carbocycles. The summed E-state index contributed by atoms with van der Waals surface area (Å²) in [5, 5.41) is 30.9. The summed E-state index contributed by atoms with van der Waals surface area (Å²) in [6, 6.07) is -4.40. The van der Waals surface area contributed by atoms with Crippen molar-refractivity contribution in [2.24, 2.45) is 5.92 Å². The third kappa shape index (κ3) is 6.09. The Kier molecular flexibility index (Phi) is 8.37. The molecule has 3 aliphatic rings. The van der Waals surface area contributed by atoms with Crippen LogP contribution in [0.4, 0.5) is 0 Å². The van der Waals surface area contributed by atoms with Crippen LogP contribution in [0, 0.1) is 5.92 Å². The van der Waals surface area contributed by atoms with Crippen molar-refractivity contribution in [1.82, 2.24) is 21.3 Å². The molecular formula is C22H36N4O9. The quantitative estimate of drug-likeness (QED) is 0.245. The molecule has 4 amide bonds. The van der Waals surface area contributed by atoms with E-state index >= 15 is 0 Å². The van der Waals surface area contributed by atoms with E-state index in [1.165, 1.54) is 6.92 Å². The molecule has 3 aliphatic heterocycles. The van der Waals surface area contributed by atoms with E-state index in [1.807, 2.05) is 6.92 Å². The Morgan fingerprint density at radius 3 is 2.29 bits per heavy atom. The number of hydrogen-bond donors (Lipinski definition) is 6. The van der Waals surface area contributed by atoms with Crippen LogP contribution in [0.15, 0.2) is 0 Å². The normalized spacial score (nSPS) is 39.2. The van der Waals surface area contributed by atoms with E-state index in [-0.39, 0.29) is 12.3 Å². The van der Waals surface area contributed by atoms with Crippen LogP contribution in [0.5, 0.6) is 0 Å². The highest BCUT2D eigenvalue weighted by molar-refractivity contribution is 5.95. The van der Waals surface area contributed by atoms with E-state index in [2.05, 4.69) is 21.3 Å². The lowest BCUT2D eigenvalue weighted by Crippen LogP contribution is -2.59. The Morgan fingerprint density at radius 2 is 1.69 bits per heavy atom. The molecule has 3 fully saturated rings. The van der Waals surface area contributed by atoms with Crippen molar-refractivity contribution in [1.29, 1.82) is 0 Å². The Morgan fingerprint density at radius 1 is 1.00 bits per heavy atom. The lowest BCUT2D eigenvalue weighted by Gasteiger charge is -2.30. The smallest absolute Gasteiger partial charge is 0.245 e. The summed E-state index contributed by atoms with van der Waals surface area (Å²) in [7, 11) is 0. The molecule has 35 heavy (non-hydrogen) atoms. The van der Waals surface area contributed by atoms with Crippen LogP contribution in [0.3, 0.4) is 0 Å². The average Bonchev–Trinajstić information content (AvgIpc) is 3.25. The molecule has 0 aliphatic carbocycles. The van der Waals surface area contributed by atoms with Crippen molar-refractivity contribution in [3.8, 4) is 0 Å². The maximum Gasteiger partial charge on any atom is 0.245 e. The fraction of sp³-hybridized carbons (Fsp3) is 0.818. The third-order valence-electron chi connectivity index (χ3n) is 6.56. The molecule has 6 N–H and O–H groups in total. The highest BCUT2D eigenvalue weighted by atomic mass is 16.8. The van der Waals surface area contributed by atoms with E-state index in [1.54, 1.807) is 20.8 Å². The molecule has 0 spiro atoms. The van der Waals surface area contributed by atoms with E-state index in [0.29, 0.717) is 6.42 Å². The second-order valence-electron chi connectivity index (χ2n) is 9.78. The van der Waals surface area contributed by atoms with Gasteiger partial charge in [-0.25, -0.2) is 0 Å². The topological polar surface area (TPSA) is 185 Å². The Balaban J connectivity index is 1.86. The van der Waals surface area contributed by atoms with Gasteiger partial charge in [-0.15, -0.1) is 0 Å². The molecule has 0 aromatic carbocycles. The number of carbonyl (C=O) groups excluding carboxylic acids is 4. The number of aliphatic hydroxyl groups excluding tert-OH is 2. The third-order valence-corrected chi connectivity index (χ3v) is 6.56. The Hall–Kier alpha value is -2.32. The molecule has 3 saturated heterocycles. The summed E-state index contributed by atoms with van der Waals surface area (Å²) >= 11 is 0. The number of aliphatic hydroxyl groups is 2. The Bertz CT molecular complexity index is 838. The number of carbonyl (C=O) groups is 4. The largest absolute Gasteiger partial charge is 0.394 e. The number of amides is 4. The van der Waals surface area contributed by atoms with Crippen LogP contribution < -0.4 is 21.3 Å². The zero-order valence-electron chi connectivity index (χ0n) is 20.6. The van der Waals surface area contributed by atoms with Crippen LogP contribution >= 0.6 is 0 Å². The van der Waals surface area contributed by atoms with Gasteiger partial charge in [-0.2, -0.15) is 0 Å². The molecule has 0 bridgehead atoms. The highest BCUT2D eigenvalue weighted by Crippen LogP contribution is 2.38. The number of rotatable bonds is 4. The minimum atomic E-state index is -1.36. The van der Waals surface area contributed by atoms with Crippen molar-refractivity contribution in [3.05, 3.63) is 0 Å². The predicted molar refractivity (Wildman–Crippen MR) is 119 cm³/mol. The van der Waals surface area contributed by atoms with E-state index in [4.69, 9.17) is 14.2 Å². The first-order valence-corrected chi connectivity index (χ1v) is 11.9. The van der Waals surface area contributed by atoms with Crippen molar-refractivity contribution in [2.75, 3.05) is 6.61 Å². The van der Waals surface area contributed by atoms with Crippen LogP contribution in [0.1, 0.15) is 47.5 Å². The molecule has 13 nitrogen and oxygen atoms in total. The van der Waals surface area contributed by atoms with Gasteiger partial charge in [0.15, 0.2) is 12.1 Å². The molecule has 3 heterocycles. The minimum Gasteiger partial charge on any atom is -0.394 e. The van der Waals surface area contributed by atoms with Crippen LogP contribution in [0.2, 0.25) is 0 Å². The SMILES string of the molecule is CC[C@H](C)[C@@H]1NC(=O)[C@H](C)NC(=O)C[C@@H](C2O[C@@H]3OC(C)(C)O[C@@H]3[C@H]2O)NC(=O)[C@H](CO)NC1=O. The zero-order valence-corrected chi connectivity index (χ0v) is 20.6. The van der Waals surface area contributed by atoms with Crippen LogP contribution in [-0.2, 0) is 33.4 Å². The van der Waals surface area contributed by atoms with E-state index in [9.17, 15) is 29.4 Å². The molecular weight excluding hydrogens is 464 g/mol. The van der Waals surface area contributed by atoms with Gasteiger partial charge in [0, 0.05) is 6.42 Å². The summed E-state index contributed by atoms with van der Waals surface area (Å²) in [5.41, 5.74) is 0. The summed E-state index contributed by atoms with van der Waals surface area (Å²) in [6.07, 6.45) is -3.88. The fourth-order valence-electron chi connectivity index (χ4n) is 4.38. The summed E-state index contributed by atoms with van der Waals surface area (Å²) < 4.78 is 17.1. The second kappa shape index (κ2) is 10.7. The fourth-order valence-corrected chi connectivity index (χ4v) is 4.38. The van der Waals surface area contributed by atoms with Crippen molar-refractivity contribution >= 4 is 23.6 Å². The first-order valence-electron chi connectivity index (χ1n) is 11.9. The molecule has 1 unspecified atom stereocenters. The second-order valence-corrected chi connectivity index (χ2v) is 9.78. The molecule has 198 valence electrons. The molecule has 0 aromatic heterocycles. The van der Waals surface area contributed by atoms with Gasteiger partial charge < -0.3 is 45.7 Å². The minimum absolute atomic E-state index is 0.284. The maximum absolute atomic E-state index is 13.0. The molecule has 0 radical (unpaired) electrons. The van der Waals surface area contributed by atoms with E-state index < -0.39 is 84.8 Å². The Labute approximate surface area is 203 Å². The van der Waals surface area contributed by atoms with Crippen LogP contribution in [0.25, 0.3) is 0 Å². The van der Waals surface area contributed by atoms with Gasteiger partial charge in [0.2, 0.25) is 23.6 Å². The maximum atomic E-state index is 13.0. The highest BCUT2D eigenvalue weighted by Gasteiger charge is 2.56. The molecule has 0 aromatic rings. The van der Waals surface area contributed by atoms with Crippen molar-refractivity contribution in [3.63, 3.8) is 0 Å². The van der Waals surface area contributed by atoms with Gasteiger partial charge in [-0.1, -0.05) is 20.3 Å². The van der Waals surface area contributed by atoms with Gasteiger partial charge in [-0.3, -0.25) is 19.2 Å². The van der Waals surface area contributed by atoms with Gasteiger partial charge in [0.25, 0.3) is 0 Å². The standard InChI is InChI=1S/C22H36N4O9/c1-6-9(2)14-20(32)25-12(8-27)19(31)24-11(7-13(28)23-10(3)18(30)26-14)16-15(29)17-21(33-16)35-22(4,5)34-17/h9-12,14-17,21,27,29H,6-8H2,1-5H3,(H,23,28)(H,24,31)(H,25,32)(H,26,30)/t9-,10-,11-,12-,14-,15-,16?,17+,21+/m0/s1. The van der Waals surface area contributed by atoms with Crippen molar-refractivity contribution in [2.45, 2.75) is 102 Å². The van der Waals surface area contributed by atoms with Gasteiger partial charge >= 0.3 is 0 Å². The number of ether oxygens (including phenoxy) is 3. The van der Waals surface area contributed by atoms with Crippen LogP contribution in [-0.4, -0.2) is 95.0 Å². The predicted octanol–water partition coefficient (Wildman–Crippen LogP) is -2.38. The number of fused-ring (bicyclic) bond motifs is 1. The molecule has 13 heteroatoms. The van der Waals surface area contributed by atoms with Gasteiger partial charge in [0.05, 0.1) is 12.6 Å². The zero-order chi connectivity index (χ0) is 26.1. The lowest BCUT2D eigenvalue weighted by molar-refractivity contribution is -0.218. The van der Waals surface area contributed by atoms with Crippen molar-refractivity contribution < 1.29 is 43.6 Å². The van der Waals surface area contributed by atoms with Gasteiger partial charge in [-0.05, 0) is 26.7 Å². The summed E-state index contributed by atoms with van der Waals surface area (Å²) in [5.74, 6) is -3.86. The average molecular weight is 501 g/mol. The molecule has 9 atom stereocenters.